The van der Waals surface area contributed by atoms with Crippen molar-refractivity contribution in [3.63, 3.8) is 0 Å². The number of rotatable bonds is 3. The van der Waals surface area contributed by atoms with Gasteiger partial charge in [0.25, 0.3) is 0 Å². The zero-order valence-electron chi connectivity index (χ0n) is 11.0. The SMILES string of the molecule is COc1ccc(C(C)C#N)nc1-c1ccc(F)c(Cl)c1. The molecular formula is C15H12ClFN2O. The highest BCUT2D eigenvalue weighted by Crippen LogP contribution is 2.32. The first-order valence-electron chi connectivity index (χ1n) is 5.96. The van der Waals surface area contributed by atoms with Crippen LogP contribution in [-0.2, 0) is 0 Å². The molecule has 0 radical (unpaired) electrons. The lowest BCUT2D eigenvalue weighted by Gasteiger charge is -2.11. The fourth-order valence-electron chi connectivity index (χ4n) is 1.78. The molecular weight excluding hydrogens is 279 g/mol. The van der Waals surface area contributed by atoms with Crippen LogP contribution < -0.4 is 4.74 Å². The summed E-state index contributed by atoms with van der Waals surface area (Å²) in [6.07, 6.45) is 0. The van der Waals surface area contributed by atoms with Crippen molar-refractivity contribution in [2.75, 3.05) is 7.11 Å². The summed E-state index contributed by atoms with van der Waals surface area (Å²) in [6, 6.07) is 9.95. The van der Waals surface area contributed by atoms with Crippen molar-refractivity contribution in [2.24, 2.45) is 0 Å². The third-order valence-electron chi connectivity index (χ3n) is 2.93. The lowest BCUT2D eigenvalue weighted by atomic mass is 10.1. The summed E-state index contributed by atoms with van der Waals surface area (Å²) in [5, 5.41) is 8.98. The van der Waals surface area contributed by atoms with E-state index in [2.05, 4.69) is 11.1 Å². The Morgan fingerprint density at radius 1 is 1.35 bits per heavy atom. The lowest BCUT2D eigenvalue weighted by molar-refractivity contribution is 0.414. The van der Waals surface area contributed by atoms with Crippen molar-refractivity contribution in [1.82, 2.24) is 4.98 Å². The highest BCUT2D eigenvalue weighted by Gasteiger charge is 2.14. The zero-order chi connectivity index (χ0) is 14.7. The van der Waals surface area contributed by atoms with E-state index >= 15 is 0 Å². The maximum Gasteiger partial charge on any atom is 0.145 e. The van der Waals surface area contributed by atoms with Crippen LogP contribution in [0.1, 0.15) is 18.5 Å². The van der Waals surface area contributed by atoms with Gasteiger partial charge in [-0.3, -0.25) is 0 Å². The molecule has 0 aliphatic carbocycles. The first-order chi connectivity index (χ1) is 9.56. The zero-order valence-corrected chi connectivity index (χ0v) is 11.8. The van der Waals surface area contributed by atoms with Crippen molar-refractivity contribution >= 4 is 11.6 Å². The fraction of sp³-hybridized carbons (Fsp3) is 0.200. The Morgan fingerprint density at radius 2 is 2.10 bits per heavy atom. The van der Waals surface area contributed by atoms with Gasteiger partial charge in [-0.2, -0.15) is 5.26 Å². The number of methoxy groups -OCH3 is 1. The second kappa shape index (κ2) is 5.89. The predicted octanol–water partition coefficient (Wildman–Crippen LogP) is 4.18. The van der Waals surface area contributed by atoms with Crippen LogP contribution in [0.5, 0.6) is 5.75 Å². The number of hydrogen-bond donors (Lipinski definition) is 0. The van der Waals surface area contributed by atoms with E-state index < -0.39 is 5.82 Å². The van der Waals surface area contributed by atoms with Crippen LogP contribution in [0.3, 0.4) is 0 Å². The molecule has 0 aliphatic rings. The van der Waals surface area contributed by atoms with Crippen LogP contribution in [0, 0.1) is 17.1 Å². The van der Waals surface area contributed by atoms with Crippen molar-refractivity contribution in [3.05, 3.63) is 46.9 Å². The molecule has 0 spiro atoms. The number of nitriles is 1. The molecule has 1 atom stereocenters. The minimum Gasteiger partial charge on any atom is -0.494 e. The van der Waals surface area contributed by atoms with E-state index in [1.54, 1.807) is 25.1 Å². The molecule has 102 valence electrons. The highest BCUT2D eigenvalue weighted by atomic mass is 35.5. The average molecular weight is 291 g/mol. The molecule has 0 bridgehead atoms. The van der Waals surface area contributed by atoms with Crippen LogP contribution in [0.25, 0.3) is 11.3 Å². The predicted molar refractivity (Wildman–Crippen MR) is 75.2 cm³/mol. The average Bonchev–Trinajstić information content (AvgIpc) is 2.48. The maximum absolute atomic E-state index is 13.2. The van der Waals surface area contributed by atoms with Gasteiger partial charge in [0.15, 0.2) is 0 Å². The first kappa shape index (κ1) is 14.3. The topological polar surface area (TPSA) is 45.9 Å². The van der Waals surface area contributed by atoms with Gasteiger partial charge in [-0.1, -0.05) is 11.6 Å². The van der Waals surface area contributed by atoms with Crippen LogP contribution in [0.15, 0.2) is 30.3 Å². The Labute approximate surface area is 121 Å². The van der Waals surface area contributed by atoms with Crippen molar-refractivity contribution in [1.29, 1.82) is 5.26 Å². The number of hydrogen-bond acceptors (Lipinski definition) is 3. The van der Waals surface area contributed by atoms with Gasteiger partial charge >= 0.3 is 0 Å². The molecule has 0 amide bonds. The van der Waals surface area contributed by atoms with E-state index in [0.29, 0.717) is 22.7 Å². The highest BCUT2D eigenvalue weighted by molar-refractivity contribution is 6.31. The first-order valence-corrected chi connectivity index (χ1v) is 6.34. The van der Waals surface area contributed by atoms with E-state index in [1.165, 1.54) is 19.2 Å². The third kappa shape index (κ3) is 2.73. The molecule has 2 aromatic rings. The number of benzene rings is 1. The molecule has 0 saturated carbocycles. The standard InChI is InChI=1S/C15H12ClFN2O/c1-9(8-18)13-5-6-14(20-2)15(19-13)10-3-4-12(17)11(16)7-10/h3-7,9H,1-2H3. The van der Waals surface area contributed by atoms with Gasteiger partial charge in [0.05, 0.1) is 29.8 Å². The summed E-state index contributed by atoms with van der Waals surface area (Å²) < 4.78 is 18.5. The smallest absolute Gasteiger partial charge is 0.145 e. The molecule has 1 aromatic heterocycles. The van der Waals surface area contributed by atoms with E-state index in [0.717, 1.165) is 0 Å². The number of nitrogens with zero attached hydrogens (tertiary/aromatic N) is 2. The third-order valence-corrected chi connectivity index (χ3v) is 3.22. The second-order valence-electron chi connectivity index (χ2n) is 4.27. The molecule has 0 fully saturated rings. The van der Waals surface area contributed by atoms with Gasteiger partial charge in [-0.25, -0.2) is 9.37 Å². The molecule has 1 aromatic carbocycles. The summed E-state index contributed by atoms with van der Waals surface area (Å²) in [7, 11) is 1.53. The van der Waals surface area contributed by atoms with E-state index in [1.807, 2.05) is 0 Å². The van der Waals surface area contributed by atoms with Crippen molar-refractivity contribution in [2.45, 2.75) is 12.8 Å². The Bertz CT molecular complexity index is 682. The Kier molecular flexibility index (Phi) is 4.21. The molecule has 1 heterocycles. The Morgan fingerprint density at radius 3 is 2.70 bits per heavy atom. The van der Waals surface area contributed by atoms with Crippen molar-refractivity contribution in [3.8, 4) is 23.1 Å². The second-order valence-corrected chi connectivity index (χ2v) is 4.67. The van der Waals surface area contributed by atoms with Crippen LogP contribution >= 0.6 is 11.6 Å². The molecule has 2 rings (SSSR count). The minimum absolute atomic E-state index is 0.0186. The van der Waals surface area contributed by atoms with Gasteiger partial charge in [-0.15, -0.1) is 0 Å². The molecule has 1 unspecified atom stereocenters. The van der Waals surface area contributed by atoms with Gasteiger partial charge in [-0.05, 0) is 37.3 Å². The molecule has 20 heavy (non-hydrogen) atoms. The minimum atomic E-state index is -0.490. The molecule has 0 saturated heterocycles. The van der Waals surface area contributed by atoms with E-state index in [-0.39, 0.29) is 10.9 Å². The summed E-state index contributed by atoms with van der Waals surface area (Å²) in [5.41, 5.74) is 1.80. The number of pyridine rings is 1. The normalized spacial score (nSPS) is 11.8. The molecule has 0 N–H and O–H groups in total. The summed E-state index contributed by atoms with van der Waals surface area (Å²) in [5.74, 6) is -0.284. The van der Waals surface area contributed by atoms with Crippen LogP contribution in [0.4, 0.5) is 4.39 Å². The Balaban J connectivity index is 2.58. The van der Waals surface area contributed by atoms with Gasteiger partial charge in [0.1, 0.15) is 17.3 Å². The lowest BCUT2D eigenvalue weighted by Crippen LogP contribution is -1.99. The molecule has 3 nitrogen and oxygen atoms in total. The summed E-state index contributed by atoms with van der Waals surface area (Å²) in [4.78, 5) is 4.43. The fourth-order valence-corrected chi connectivity index (χ4v) is 1.96. The number of ether oxygens (including phenoxy) is 1. The summed E-state index contributed by atoms with van der Waals surface area (Å²) in [6.45, 7) is 1.76. The van der Waals surface area contributed by atoms with Crippen molar-refractivity contribution < 1.29 is 9.13 Å². The molecule has 0 aliphatic heterocycles. The quantitative estimate of drug-likeness (QED) is 0.852. The van der Waals surface area contributed by atoms with E-state index in [9.17, 15) is 4.39 Å². The molecule has 5 heteroatoms. The monoisotopic (exact) mass is 290 g/mol. The summed E-state index contributed by atoms with van der Waals surface area (Å²) >= 11 is 5.79. The largest absolute Gasteiger partial charge is 0.494 e. The maximum atomic E-state index is 13.2. The number of aromatic nitrogens is 1. The van der Waals surface area contributed by atoms with Gasteiger partial charge < -0.3 is 4.74 Å². The van der Waals surface area contributed by atoms with Gasteiger partial charge in [0, 0.05) is 5.56 Å². The van der Waals surface area contributed by atoms with Gasteiger partial charge in [0.2, 0.25) is 0 Å². The number of halogens is 2. The van der Waals surface area contributed by atoms with Crippen LogP contribution in [-0.4, -0.2) is 12.1 Å². The van der Waals surface area contributed by atoms with E-state index in [4.69, 9.17) is 21.6 Å². The Hall–Kier alpha value is -2.12. The van der Waals surface area contributed by atoms with Crippen LogP contribution in [0.2, 0.25) is 5.02 Å².